The van der Waals surface area contributed by atoms with E-state index in [0.717, 1.165) is 103 Å². The third-order valence-corrected chi connectivity index (χ3v) is 13.0. The Hall–Kier alpha value is -4.19. The maximum Gasteiger partial charge on any atom is 0.306 e. The van der Waals surface area contributed by atoms with Crippen molar-refractivity contribution in [3.8, 4) is 0 Å². The summed E-state index contributed by atoms with van der Waals surface area (Å²) in [5, 5.41) is 0. The van der Waals surface area contributed by atoms with Crippen LogP contribution in [0.25, 0.3) is 0 Å². The van der Waals surface area contributed by atoms with Crippen LogP contribution in [0.3, 0.4) is 0 Å². The van der Waals surface area contributed by atoms with Gasteiger partial charge < -0.3 is 14.2 Å². The molecule has 0 spiro atoms. The highest BCUT2D eigenvalue weighted by Crippen LogP contribution is 2.16. The molecule has 75 heavy (non-hydrogen) atoms. The Bertz CT molecular complexity index is 1570. The third-order valence-electron chi connectivity index (χ3n) is 13.0. The van der Waals surface area contributed by atoms with Gasteiger partial charge in [0.05, 0.1) is 0 Å². The minimum absolute atomic E-state index is 0.109. The van der Waals surface area contributed by atoms with Crippen molar-refractivity contribution in [2.24, 2.45) is 0 Å². The van der Waals surface area contributed by atoms with Crippen LogP contribution in [-0.2, 0) is 28.6 Å². The second kappa shape index (κ2) is 62.4. The summed E-state index contributed by atoms with van der Waals surface area (Å²) in [5.41, 5.74) is 0. The van der Waals surface area contributed by atoms with Crippen molar-refractivity contribution in [3.05, 3.63) is 122 Å². The first-order valence-corrected chi connectivity index (χ1v) is 31.0. The third kappa shape index (κ3) is 60.6. The van der Waals surface area contributed by atoms with Crippen LogP contribution in [0, 0.1) is 0 Å². The van der Waals surface area contributed by atoms with Gasteiger partial charge in [-0.05, 0) is 96.3 Å². The van der Waals surface area contributed by atoms with Gasteiger partial charge in [0.2, 0.25) is 0 Å². The quantitative estimate of drug-likeness (QED) is 0.0261. The van der Waals surface area contributed by atoms with Gasteiger partial charge in [-0.25, -0.2) is 0 Å². The number of rotatable bonds is 55. The predicted octanol–water partition coefficient (Wildman–Crippen LogP) is 21.2. The Morgan fingerprint density at radius 2 is 0.547 bits per heavy atom. The van der Waals surface area contributed by atoms with Crippen LogP contribution in [0.5, 0.6) is 0 Å². The molecule has 6 heteroatoms. The number of hydrogen-bond acceptors (Lipinski definition) is 6. The molecule has 0 N–H and O–H groups in total. The van der Waals surface area contributed by atoms with Gasteiger partial charge in [0, 0.05) is 19.3 Å². The molecule has 1 atom stereocenters. The van der Waals surface area contributed by atoms with E-state index in [1.54, 1.807) is 0 Å². The highest BCUT2D eigenvalue weighted by Gasteiger charge is 2.19. The van der Waals surface area contributed by atoms with Crippen LogP contribution in [-0.4, -0.2) is 37.2 Å². The molecule has 0 aromatic carbocycles. The van der Waals surface area contributed by atoms with Gasteiger partial charge in [-0.1, -0.05) is 284 Å². The summed E-state index contributed by atoms with van der Waals surface area (Å²) in [6, 6.07) is 0. The average molecular weight is 1040 g/mol. The SMILES string of the molecule is CC/C=C\C/C=C\C/C=C\C/C=C\C/C=C\C/C=C\CCC(=O)OC(COC(=O)CCCCCCCCCCCC/C=C\C/C=C\C/C=C\C/C=C\CC)COC(=O)CCCCCCCCCCCCCCCCC. The van der Waals surface area contributed by atoms with Crippen LogP contribution < -0.4 is 0 Å². The minimum Gasteiger partial charge on any atom is -0.462 e. The first kappa shape index (κ1) is 70.8. The first-order valence-electron chi connectivity index (χ1n) is 31.0. The second-order valence-corrected chi connectivity index (χ2v) is 20.2. The van der Waals surface area contributed by atoms with E-state index in [9.17, 15) is 14.4 Å². The van der Waals surface area contributed by atoms with Crippen LogP contribution in [0.1, 0.15) is 278 Å². The lowest BCUT2D eigenvalue weighted by Crippen LogP contribution is -2.30. The monoisotopic (exact) mass is 1040 g/mol. The minimum atomic E-state index is -0.823. The van der Waals surface area contributed by atoms with E-state index in [-0.39, 0.29) is 31.6 Å². The summed E-state index contributed by atoms with van der Waals surface area (Å²) in [6.45, 7) is 6.37. The van der Waals surface area contributed by atoms with E-state index in [1.165, 1.54) is 128 Å². The van der Waals surface area contributed by atoms with Crippen molar-refractivity contribution >= 4 is 17.9 Å². The van der Waals surface area contributed by atoms with Gasteiger partial charge in [0.25, 0.3) is 0 Å². The number of hydrogen-bond donors (Lipinski definition) is 0. The van der Waals surface area contributed by atoms with Gasteiger partial charge in [-0.3, -0.25) is 14.4 Å². The number of carbonyl (C=O) groups excluding carboxylic acids is 3. The fourth-order valence-electron chi connectivity index (χ4n) is 8.40. The Morgan fingerprint density at radius 1 is 0.280 bits per heavy atom. The normalized spacial score (nSPS) is 12.9. The van der Waals surface area contributed by atoms with Gasteiger partial charge in [-0.15, -0.1) is 0 Å². The smallest absolute Gasteiger partial charge is 0.306 e. The molecule has 0 aromatic heterocycles. The molecule has 426 valence electrons. The molecule has 1 unspecified atom stereocenters. The molecule has 0 radical (unpaired) electrons. The number of ether oxygens (including phenoxy) is 3. The molecular formula is C69H114O6. The zero-order valence-corrected chi connectivity index (χ0v) is 48.8. The zero-order chi connectivity index (χ0) is 54.3. The van der Waals surface area contributed by atoms with Crippen LogP contribution >= 0.6 is 0 Å². The van der Waals surface area contributed by atoms with E-state index in [1.807, 2.05) is 6.08 Å². The van der Waals surface area contributed by atoms with Crippen LogP contribution in [0.15, 0.2) is 122 Å². The lowest BCUT2D eigenvalue weighted by molar-refractivity contribution is -0.166. The summed E-state index contributed by atoms with van der Waals surface area (Å²) < 4.78 is 16.8. The van der Waals surface area contributed by atoms with Gasteiger partial charge in [0.1, 0.15) is 13.2 Å². The van der Waals surface area contributed by atoms with Crippen LogP contribution in [0.2, 0.25) is 0 Å². The Labute approximate surface area is 462 Å². The van der Waals surface area contributed by atoms with Gasteiger partial charge >= 0.3 is 17.9 Å². The molecule has 6 nitrogen and oxygen atoms in total. The Balaban J connectivity index is 4.47. The predicted molar refractivity (Wildman–Crippen MR) is 325 cm³/mol. The zero-order valence-electron chi connectivity index (χ0n) is 48.8. The molecule has 0 rings (SSSR count). The van der Waals surface area contributed by atoms with Crippen molar-refractivity contribution < 1.29 is 28.6 Å². The topological polar surface area (TPSA) is 78.9 Å². The number of esters is 3. The van der Waals surface area contributed by atoms with Gasteiger partial charge in [-0.2, -0.15) is 0 Å². The molecule has 0 aliphatic rings. The van der Waals surface area contributed by atoms with Crippen LogP contribution in [0.4, 0.5) is 0 Å². The molecule has 0 amide bonds. The lowest BCUT2D eigenvalue weighted by Gasteiger charge is -2.18. The van der Waals surface area contributed by atoms with E-state index in [2.05, 4.69) is 136 Å². The molecule has 0 saturated carbocycles. The largest absolute Gasteiger partial charge is 0.462 e. The fraction of sp³-hybridized carbons (Fsp3) is 0.667. The molecule has 0 aliphatic heterocycles. The molecule has 0 bridgehead atoms. The Morgan fingerprint density at radius 3 is 0.867 bits per heavy atom. The van der Waals surface area contributed by atoms with Crippen molar-refractivity contribution in [1.29, 1.82) is 0 Å². The summed E-state index contributed by atoms with van der Waals surface area (Å²) in [7, 11) is 0. The maximum absolute atomic E-state index is 12.9. The van der Waals surface area contributed by atoms with E-state index in [0.29, 0.717) is 19.3 Å². The maximum atomic E-state index is 12.9. The Kier molecular flexibility index (Phi) is 58.9. The summed E-state index contributed by atoms with van der Waals surface area (Å²) in [4.78, 5) is 38.3. The molecule has 0 heterocycles. The van der Waals surface area contributed by atoms with E-state index < -0.39 is 12.1 Å². The van der Waals surface area contributed by atoms with Crippen molar-refractivity contribution in [2.75, 3.05) is 13.2 Å². The number of unbranched alkanes of at least 4 members (excludes halogenated alkanes) is 24. The van der Waals surface area contributed by atoms with Crippen molar-refractivity contribution in [1.82, 2.24) is 0 Å². The molecule has 0 aromatic rings. The molecule has 0 saturated heterocycles. The summed E-state index contributed by atoms with van der Waals surface area (Å²) in [6.07, 6.45) is 86.4. The number of carbonyl (C=O) groups is 3. The summed E-state index contributed by atoms with van der Waals surface area (Å²) >= 11 is 0. The summed E-state index contributed by atoms with van der Waals surface area (Å²) in [5.74, 6) is -0.993. The highest BCUT2D eigenvalue weighted by molar-refractivity contribution is 5.71. The lowest BCUT2D eigenvalue weighted by atomic mass is 10.0. The van der Waals surface area contributed by atoms with E-state index >= 15 is 0 Å². The van der Waals surface area contributed by atoms with Crippen molar-refractivity contribution in [2.45, 2.75) is 284 Å². The fourth-order valence-corrected chi connectivity index (χ4v) is 8.40. The van der Waals surface area contributed by atoms with Crippen molar-refractivity contribution in [3.63, 3.8) is 0 Å². The highest BCUT2D eigenvalue weighted by atomic mass is 16.6. The average Bonchev–Trinajstić information content (AvgIpc) is 3.41. The molecule has 0 fully saturated rings. The second-order valence-electron chi connectivity index (χ2n) is 20.2. The number of allylic oxidation sites excluding steroid dienone is 20. The molecule has 0 aliphatic carbocycles. The molecular weight excluding hydrogens is 925 g/mol. The van der Waals surface area contributed by atoms with Gasteiger partial charge in [0.15, 0.2) is 6.10 Å². The first-order chi connectivity index (χ1) is 37.0. The standard InChI is InChI=1S/C69H114O6/c1-4-7-10-13-16-19-22-25-28-30-32-33-34-35-37-38-41-44-47-50-53-56-59-62-68(71)74-65-66(64-73-67(70)61-58-55-52-49-46-43-40-27-24-21-18-15-12-9-6-3)75-69(72)63-60-57-54-51-48-45-42-39-36-31-29-26-23-20-17-14-11-8-5-2/h7-8,10-11,16-17,19-20,25-26,28-29,32-33,36,39,45,48,54,57,66H,4-6,9,12-15,18,21-24,27,30-31,34-35,37-38,40-44,46-47,49-53,55-56,58-65H2,1-3H3/b10-7-,11-8-,19-16-,20-17-,28-25-,29-26-,33-32-,39-36-,48-45-,57-54-. The van der Waals surface area contributed by atoms with E-state index in [4.69, 9.17) is 14.2 Å².